The van der Waals surface area contributed by atoms with Crippen LogP contribution in [0.4, 0.5) is 5.69 Å². The van der Waals surface area contributed by atoms with Crippen LogP contribution >= 0.6 is 11.8 Å². The predicted molar refractivity (Wildman–Crippen MR) is 84.9 cm³/mol. The molecule has 1 heterocycles. The van der Waals surface area contributed by atoms with Gasteiger partial charge in [-0.1, -0.05) is 12.8 Å². The monoisotopic (exact) mass is 304 g/mol. The summed E-state index contributed by atoms with van der Waals surface area (Å²) in [5.41, 5.74) is 1.52. The number of nitrogens with one attached hydrogen (secondary N) is 1. The van der Waals surface area contributed by atoms with E-state index in [0.29, 0.717) is 18.2 Å². The van der Waals surface area contributed by atoms with Crippen LogP contribution in [0.1, 0.15) is 43.0 Å². The molecule has 1 aliphatic heterocycles. The summed E-state index contributed by atoms with van der Waals surface area (Å²) in [7, 11) is 0. The second kappa shape index (κ2) is 6.10. The summed E-state index contributed by atoms with van der Waals surface area (Å²) in [5, 5.41) is 3.10. The van der Waals surface area contributed by atoms with Crippen LogP contribution in [-0.2, 0) is 4.79 Å². The number of anilines is 1. The van der Waals surface area contributed by atoms with Crippen LogP contribution in [-0.4, -0.2) is 30.2 Å². The smallest absolute Gasteiger partial charge is 0.251 e. The van der Waals surface area contributed by atoms with Gasteiger partial charge in [0.1, 0.15) is 0 Å². The van der Waals surface area contributed by atoms with E-state index >= 15 is 0 Å². The van der Waals surface area contributed by atoms with E-state index in [1.54, 1.807) is 23.6 Å². The fourth-order valence-electron chi connectivity index (χ4n) is 3.02. The summed E-state index contributed by atoms with van der Waals surface area (Å²) in [6.07, 6.45) is 4.55. The number of carbonyl (C=O) groups is 2. The molecule has 2 aliphatic rings. The Morgan fingerprint density at radius 2 is 2.05 bits per heavy atom. The molecule has 4 nitrogen and oxygen atoms in total. The Morgan fingerprint density at radius 3 is 2.76 bits per heavy atom. The Morgan fingerprint density at radius 1 is 1.29 bits per heavy atom. The topological polar surface area (TPSA) is 49.4 Å². The van der Waals surface area contributed by atoms with Crippen molar-refractivity contribution in [2.24, 2.45) is 0 Å². The van der Waals surface area contributed by atoms with Gasteiger partial charge >= 0.3 is 0 Å². The minimum atomic E-state index is -0.0243. The molecule has 0 bridgehead atoms. The number of benzene rings is 1. The Kier molecular flexibility index (Phi) is 4.19. The molecule has 1 aliphatic carbocycles. The summed E-state index contributed by atoms with van der Waals surface area (Å²) in [6.45, 7) is 2.28. The van der Waals surface area contributed by atoms with Gasteiger partial charge in [0.2, 0.25) is 5.91 Å². The fraction of sp³-hybridized carbons (Fsp3) is 0.500. The van der Waals surface area contributed by atoms with Gasteiger partial charge in [-0.15, -0.1) is 11.8 Å². The summed E-state index contributed by atoms with van der Waals surface area (Å²) >= 11 is 1.74. The first-order valence-electron chi connectivity index (χ1n) is 7.51. The molecule has 21 heavy (non-hydrogen) atoms. The number of fused-ring (bicyclic) bond motifs is 1. The molecule has 0 spiro atoms. The highest BCUT2D eigenvalue weighted by Gasteiger charge is 2.23. The maximum atomic E-state index is 12.3. The molecule has 5 heteroatoms. The molecule has 2 amide bonds. The van der Waals surface area contributed by atoms with E-state index < -0.39 is 0 Å². The molecule has 1 aromatic rings. The molecule has 1 saturated carbocycles. The molecule has 0 unspecified atom stereocenters. The molecule has 0 radical (unpaired) electrons. The van der Waals surface area contributed by atoms with Gasteiger partial charge in [0.15, 0.2) is 0 Å². The van der Waals surface area contributed by atoms with Gasteiger partial charge in [-0.3, -0.25) is 9.59 Å². The SMILES string of the molecule is CC(=O)N1CCSc2ccc(C(=O)NC3CCCC3)cc21. The van der Waals surface area contributed by atoms with Crippen molar-refractivity contribution in [3.8, 4) is 0 Å². The van der Waals surface area contributed by atoms with Crippen molar-refractivity contribution < 1.29 is 9.59 Å². The first-order valence-corrected chi connectivity index (χ1v) is 8.49. The molecule has 1 N–H and O–H groups in total. The number of hydrogen-bond acceptors (Lipinski definition) is 3. The lowest BCUT2D eigenvalue weighted by Crippen LogP contribution is -2.35. The van der Waals surface area contributed by atoms with Gasteiger partial charge in [0.25, 0.3) is 5.91 Å². The molecular formula is C16H20N2O2S. The van der Waals surface area contributed by atoms with E-state index in [1.807, 2.05) is 18.2 Å². The second-order valence-electron chi connectivity index (χ2n) is 5.66. The minimum Gasteiger partial charge on any atom is -0.349 e. The lowest BCUT2D eigenvalue weighted by Gasteiger charge is -2.28. The average molecular weight is 304 g/mol. The van der Waals surface area contributed by atoms with Crippen LogP contribution in [0.3, 0.4) is 0 Å². The highest BCUT2D eigenvalue weighted by Crippen LogP contribution is 2.35. The van der Waals surface area contributed by atoms with Gasteiger partial charge in [0, 0.05) is 35.7 Å². The second-order valence-corrected chi connectivity index (χ2v) is 6.79. The van der Waals surface area contributed by atoms with Crippen molar-refractivity contribution in [3.63, 3.8) is 0 Å². The molecule has 0 saturated heterocycles. The summed E-state index contributed by atoms with van der Waals surface area (Å²) in [5.74, 6) is 0.911. The Balaban J connectivity index is 1.82. The zero-order chi connectivity index (χ0) is 14.8. The van der Waals surface area contributed by atoms with Crippen molar-refractivity contribution in [2.45, 2.75) is 43.5 Å². The maximum Gasteiger partial charge on any atom is 0.251 e. The van der Waals surface area contributed by atoms with Crippen LogP contribution in [0.15, 0.2) is 23.1 Å². The van der Waals surface area contributed by atoms with Crippen LogP contribution in [0.2, 0.25) is 0 Å². The molecular weight excluding hydrogens is 284 g/mol. The van der Waals surface area contributed by atoms with Gasteiger partial charge in [-0.25, -0.2) is 0 Å². The highest BCUT2D eigenvalue weighted by atomic mass is 32.2. The lowest BCUT2D eigenvalue weighted by molar-refractivity contribution is -0.116. The fourth-order valence-corrected chi connectivity index (χ4v) is 4.00. The molecule has 112 valence electrons. The van der Waals surface area contributed by atoms with Gasteiger partial charge in [-0.05, 0) is 31.0 Å². The third-order valence-corrected chi connectivity index (χ3v) is 5.20. The van der Waals surface area contributed by atoms with Crippen molar-refractivity contribution in [2.75, 3.05) is 17.2 Å². The van der Waals surface area contributed by atoms with Crippen molar-refractivity contribution in [1.82, 2.24) is 5.32 Å². The van der Waals surface area contributed by atoms with Crippen LogP contribution in [0.5, 0.6) is 0 Å². The molecule has 1 aromatic carbocycles. The standard InChI is InChI=1S/C16H20N2O2S/c1-11(19)18-8-9-21-15-7-6-12(10-14(15)18)16(20)17-13-4-2-3-5-13/h6-7,10,13H,2-5,8-9H2,1H3,(H,17,20). The third-order valence-electron chi connectivity index (χ3n) is 4.15. The number of amides is 2. The van der Waals surface area contributed by atoms with Crippen molar-refractivity contribution in [3.05, 3.63) is 23.8 Å². The van der Waals surface area contributed by atoms with Gasteiger partial charge < -0.3 is 10.2 Å². The Bertz CT molecular complexity index is 567. The molecule has 0 atom stereocenters. The summed E-state index contributed by atoms with van der Waals surface area (Å²) in [6, 6.07) is 5.98. The normalized spacial score (nSPS) is 18.4. The number of thioether (sulfide) groups is 1. The third kappa shape index (κ3) is 3.07. The average Bonchev–Trinajstić information content (AvgIpc) is 2.98. The van der Waals surface area contributed by atoms with E-state index in [0.717, 1.165) is 29.2 Å². The van der Waals surface area contributed by atoms with E-state index in [-0.39, 0.29) is 11.8 Å². The number of rotatable bonds is 2. The number of carbonyl (C=O) groups excluding carboxylic acids is 2. The van der Waals surface area contributed by atoms with Crippen LogP contribution in [0.25, 0.3) is 0 Å². The maximum absolute atomic E-state index is 12.3. The summed E-state index contributed by atoms with van der Waals surface area (Å²) < 4.78 is 0. The van der Waals surface area contributed by atoms with Crippen LogP contribution < -0.4 is 10.2 Å². The summed E-state index contributed by atoms with van der Waals surface area (Å²) in [4.78, 5) is 26.9. The Labute approximate surface area is 129 Å². The molecule has 0 aromatic heterocycles. The Hall–Kier alpha value is -1.49. The van der Waals surface area contributed by atoms with Gasteiger partial charge in [-0.2, -0.15) is 0 Å². The van der Waals surface area contributed by atoms with Crippen LogP contribution in [0, 0.1) is 0 Å². The zero-order valence-corrected chi connectivity index (χ0v) is 13.0. The van der Waals surface area contributed by atoms with E-state index in [9.17, 15) is 9.59 Å². The number of hydrogen-bond donors (Lipinski definition) is 1. The van der Waals surface area contributed by atoms with E-state index in [4.69, 9.17) is 0 Å². The first-order chi connectivity index (χ1) is 10.1. The largest absolute Gasteiger partial charge is 0.349 e. The molecule has 3 rings (SSSR count). The van der Waals surface area contributed by atoms with E-state index in [2.05, 4.69) is 5.32 Å². The zero-order valence-electron chi connectivity index (χ0n) is 12.2. The lowest BCUT2D eigenvalue weighted by atomic mass is 10.1. The molecule has 1 fully saturated rings. The quantitative estimate of drug-likeness (QED) is 0.914. The number of nitrogens with zero attached hydrogens (tertiary/aromatic N) is 1. The van der Waals surface area contributed by atoms with Gasteiger partial charge in [0.05, 0.1) is 5.69 Å². The predicted octanol–water partition coefficient (Wildman–Crippen LogP) is 2.82. The minimum absolute atomic E-state index is 0.0243. The van der Waals surface area contributed by atoms with E-state index in [1.165, 1.54) is 12.8 Å². The first kappa shape index (κ1) is 14.4. The van der Waals surface area contributed by atoms with Crippen molar-refractivity contribution >= 4 is 29.3 Å². The van der Waals surface area contributed by atoms with Crippen molar-refractivity contribution in [1.29, 1.82) is 0 Å². The highest BCUT2D eigenvalue weighted by molar-refractivity contribution is 7.99.